The molecule has 0 aliphatic heterocycles. The van der Waals surface area contributed by atoms with Crippen molar-refractivity contribution in [1.29, 1.82) is 0 Å². The van der Waals surface area contributed by atoms with Gasteiger partial charge in [0.05, 0.1) is 18.4 Å². The van der Waals surface area contributed by atoms with E-state index >= 15 is 0 Å². The fraction of sp³-hybridized carbons (Fsp3) is 0.100. The quantitative estimate of drug-likeness (QED) is 0.689. The van der Waals surface area contributed by atoms with Crippen LogP contribution in [0.1, 0.15) is 5.82 Å². The number of thiazole rings is 1. The first kappa shape index (κ1) is 8.70. The summed E-state index contributed by atoms with van der Waals surface area (Å²) in [6.45, 7) is 0.461. The molecule has 0 fully saturated rings. The summed E-state index contributed by atoms with van der Waals surface area (Å²) in [5, 5.41) is 2.12. The maximum Gasteiger partial charge on any atom is 0.128 e. The molecule has 3 heterocycles. The third-order valence-corrected chi connectivity index (χ3v) is 3.28. The molecule has 0 atom stereocenters. The van der Waals surface area contributed by atoms with E-state index in [0.717, 1.165) is 21.9 Å². The van der Waals surface area contributed by atoms with Gasteiger partial charge < -0.3 is 10.7 Å². The minimum absolute atomic E-state index is 0.461. The van der Waals surface area contributed by atoms with Gasteiger partial charge in [0.15, 0.2) is 0 Å². The third kappa shape index (κ3) is 1.20. The van der Waals surface area contributed by atoms with E-state index in [9.17, 15) is 0 Å². The zero-order chi connectivity index (χ0) is 10.3. The molecule has 0 unspecified atom stereocenters. The van der Waals surface area contributed by atoms with Crippen LogP contribution in [-0.4, -0.2) is 14.4 Å². The van der Waals surface area contributed by atoms with Crippen LogP contribution in [0.5, 0.6) is 0 Å². The average molecular weight is 218 g/mol. The molecular weight excluding hydrogens is 208 g/mol. The number of fused-ring (bicyclic) bond motifs is 1. The van der Waals surface area contributed by atoms with E-state index in [2.05, 4.69) is 19.7 Å². The number of nitrogens with two attached hydrogens (primary N) is 1. The second kappa shape index (κ2) is 3.22. The van der Waals surface area contributed by atoms with Gasteiger partial charge in [-0.05, 0) is 6.07 Å². The molecule has 5 heteroatoms. The summed E-state index contributed by atoms with van der Waals surface area (Å²) < 4.78 is 2.10. The highest BCUT2D eigenvalue weighted by Gasteiger charge is 2.10. The smallest absolute Gasteiger partial charge is 0.128 e. The summed E-state index contributed by atoms with van der Waals surface area (Å²) in [7, 11) is 0. The lowest BCUT2D eigenvalue weighted by Crippen LogP contribution is -2.02. The molecule has 0 spiro atoms. The van der Waals surface area contributed by atoms with Gasteiger partial charge in [-0.15, -0.1) is 11.3 Å². The number of imidazole rings is 1. The number of nitrogens with one attached hydrogen (secondary N) is 1. The maximum atomic E-state index is 5.66. The van der Waals surface area contributed by atoms with Crippen LogP contribution in [0.3, 0.4) is 0 Å². The Balaban J connectivity index is 2.31. The zero-order valence-corrected chi connectivity index (χ0v) is 8.79. The van der Waals surface area contributed by atoms with Gasteiger partial charge in [-0.3, -0.25) is 4.40 Å². The maximum absolute atomic E-state index is 5.66. The summed E-state index contributed by atoms with van der Waals surface area (Å²) in [6.07, 6.45) is 5.75. The minimum Gasteiger partial charge on any atom is -0.367 e. The number of H-pyrrole nitrogens is 1. The molecule has 0 aliphatic rings. The lowest BCUT2D eigenvalue weighted by Gasteiger charge is -1.98. The molecule has 0 saturated heterocycles. The number of aromatic nitrogens is 3. The van der Waals surface area contributed by atoms with Crippen molar-refractivity contribution < 1.29 is 0 Å². The van der Waals surface area contributed by atoms with Gasteiger partial charge in [-0.1, -0.05) is 0 Å². The Bertz CT molecular complexity index is 576. The van der Waals surface area contributed by atoms with Crippen molar-refractivity contribution in [3.8, 4) is 11.3 Å². The van der Waals surface area contributed by atoms with Crippen LogP contribution in [0.15, 0.2) is 30.0 Å². The molecular formula is C10H10N4S. The largest absolute Gasteiger partial charge is 0.367 e. The standard InChI is InChI=1S/C10H10N4S/c11-3-9-13-5-10-14(9)8(6-15-10)7-1-2-12-4-7/h1-2,4-6,12H,3,11H2. The van der Waals surface area contributed by atoms with Gasteiger partial charge in [-0.25, -0.2) is 4.98 Å². The van der Waals surface area contributed by atoms with Gasteiger partial charge in [-0.2, -0.15) is 0 Å². The fourth-order valence-corrected chi connectivity index (χ4v) is 2.60. The second-order valence-corrected chi connectivity index (χ2v) is 4.16. The summed E-state index contributed by atoms with van der Waals surface area (Å²) in [5.74, 6) is 0.905. The molecule has 0 radical (unpaired) electrons. The van der Waals surface area contributed by atoms with Gasteiger partial charge in [0.25, 0.3) is 0 Å². The molecule has 3 N–H and O–H groups in total. The Morgan fingerprint density at radius 3 is 3.20 bits per heavy atom. The molecule has 0 amide bonds. The second-order valence-electron chi connectivity index (χ2n) is 3.27. The highest BCUT2D eigenvalue weighted by Crippen LogP contribution is 2.27. The SMILES string of the molecule is NCc1ncc2scc(-c3cc[nH]c3)n12. The number of hydrogen-bond acceptors (Lipinski definition) is 3. The Kier molecular flexibility index (Phi) is 1.87. The van der Waals surface area contributed by atoms with Crippen molar-refractivity contribution in [1.82, 2.24) is 14.4 Å². The molecule has 3 aromatic rings. The van der Waals surface area contributed by atoms with Crippen LogP contribution in [0.4, 0.5) is 0 Å². The molecule has 15 heavy (non-hydrogen) atoms. The molecule has 0 bridgehead atoms. The Labute approximate surface area is 90.4 Å². The van der Waals surface area contributed by atoms with Crippen molar-refractivity contribution >= 4 is 16.2 Å². The summed E-state index contributed by atoms with van der Waals surface area (Å²) >= 11 is 1.68. The third-order valence-electron chi connectivity index (χ3n) is 2.41. The van der Waals surface area contributed by atoms with Gasteiger partial charge in [0.1, 0.15) is 10.7 Å². The highest BCUT2D eigenvalue weighted by atomic mass is 32.1. The van der Waals surface area contributed by atoms with E-state index in [4.69, 9.17) is 5.73 Å². The normalized spacial score (nSPS) is 11.3. The number of hydrogen-bond donors (Lipinski definition) is 2. The van der Waals surface area contributed by atoms with Crippen molar-refractivity contribution in [2.24, 2.45) is 5.73 Å². The lowest BCUT2D eigenvalue weighted by atomic mass is 10.3. The fourth-order valence-electron chi connectivity index (χ4n) is 1.71. The molecule has 0 aliphatic carbocycles. The number of rotatable bonds is 2. The lowest BCUT2D eigenvalue weighted by molar-refractivity contribution is 0.912. The van der Waals surface area contributed by atoms with E-state index in [-0.39, 0.29) is 0 Å². The Morgan fingerprint density at radius 1 is 1.53 bits per heavy atom. The minimum atomic E-state index is 0.461. The van der Waals surface area contributed by atoms with E-state index in [1.807, 2.05) is 24.7 Å². The van der Waals surface area contributed by atoms with Gasteiger partial charge in [0.2, 0.25) is 0 Å². The van der Waals surface area contributed by atoms with Crippen molar-refractivity contribution in [2.75, 3.05) is 0 Å². The van der Waals surface area contributed by atoms with Crippen LogP contribution >= 0.6 is 11.3 Å². The van der Waals surface area contributed by atoms with E-state index in [0.29, 0.717) is 6.54 Å². The summed E-state index contributed by atoms with van der Waals surface area (Å²) in [6, 6.07) is 2.04. The van der Waals surface area contributed by atoms with Crippen molar-refractivity contribution in [3.63, 3.8) is 0 Å². The van der Waals surface area contributed by atoms with Crippen LogP contribution < -0.4 is 5.73 Å². The molecule has 76 valence electrons. The van der Waals surface area contributed by atoms with E-state index in [1.165, 1.54) is 0 Å². The predicted molar refractivity (Wildman–Crippen MR) is 60.7 cm³/mol. The molecule has 3 rings (SSSR count). The van der Waals surface area contributed by atoms with Crippen LogP contribution in [0.2, 0.25) is 0 Å². The van der Waals surface area contributed by atoms with E-state index in [1.54, 1.807) is 11.3 Å². The summed E-state index contributed by atoms with van der Waals surface area (Å²) in [5.41, 5.74) is 7.96. The first-order valence-corrected chi connectivity index (χ1v) is 5.55. The average Bonchev–Trinajstić information content (AvgIpc) is 2.94. The van der Waals surface area contributed by atoms with Gasteiger partial charge in [0, 0.05) is 23.3 Å². The molecule has 4 nitrogen and oxygen atoms in total. The number of aromatic amines is 1. The van der Waals surface area contributed by atoms with E-state index < -0.39 is 0 Å². The molecule has 0 aromatic carbocycles. The molecule has 3 aromatic heterocycles. The van der Waals surface area contributed by atoms with Gasteiger partial charge >= 0.3 is 0 Å². The van der Waals surface area contributed by atoms with Crippen molar-refractivity contribution in [2.45, 2.75) is 6.54 Å². The molecule has 0 saturated carbocycles. The topological polar surface area (TPSA) is 59.1 Å². The zero-order valence-electron chi connectivity index (χ0n) is 7.97. The highest BCUT2D eigenvalue weighted by molar-refractivity contribution is 7.15. The van der Waals surface area contributed by atoms with Crippen LogP contribution in [0.25, 0.3) is 16.1 Å². The van der Waals surface area contributed by atoms with Crippen LogP contribution in [0, 0.1) is 0 Å². The predicted octanol–water partition coefficient (Wildman–Crippen LogP) is 1.85. The Hall–Kier alpha value is -1.59. The first-order valence-electron chi connectivity index (χ1n) is 4.67. The Morgan fingerprint density at radius 2 is 2.47 bits per heavy atom. The first-order chi connectivity index (χ1) is 7.40. The summed E-state index contributed by atoms with van der Waals surface area (Å²) in [4.78, 5) is 8.47. The van der Waals surface area contributed by atoms with Crippen molar-refractivity contribution in [3.05, 3.63) is 35.9 Å². The monoisotopic (exact) mass is 218 g/mol. The van der Waals surface area contributed by atoms with Crippen LogP contribution in [-0.2, 0) is 6.54 Å². The number of nitrogens with zero attached hydrogens (tertiary/aromatic N) is 2.